The van der Waals surface area contributed by atoms with Crippen molar-refractivity contribution in [2.75, 3.05) is 0 Å². The monoisotopic (exact) mass is 330 g/mol. The second kappa shape index (κ2) is 6.31. The zero-order chi connectivity index (χ0) is 16.9. The third-order valence-corrected chi connectivity index (χ3v) is 10.0. The minimum atomic E-state index is 0.677. The van der Waals surface area contributed by atoms with Crippen molar-refractivity contribution in [3.63, 3.8) is 0 Å². The molecule has 4 saturated carbocycles. The molecule has 0 amide bonds. The van der Waals surface area contributed by atoms with Gasteiger partial charge in [0, 0.05) is 0 Å². The van der Waals surface area contributed by atoms with Gasteiger partial charge in [0.05, 0.1) is 0 Å². The van der Waals surface area contributed by atoms with Gasteiger partial charge in [-0.05, 0) is 104 Å². The van der Waals surface area contributed by atoms with Crippen molar-refractivity contribution >= 4 is 0 Å². The second-order valence-electron chi connectivity index (χ2n) is 10.9. The summed E-state index contributed by atoms with van der Waals surface area (Å²) in [5.74, 6) is 6.57. The van der Waals surface area contributed by atoms with Crippen LogP contribution in [0.5, 0.6) is 0 Å². The Hall–Kier alpha value is 0. The predicted molar refractivity (Wildman–Crippen MR) is 104 cm³/mol. The van der Waals surface area contributed by atoms with Crippen LogP contribution in [0, 0.1) is 46.3 Å². The summed E-state index contributed by atoms with van der Waals surface area (Å²) in [5, 5.41) is 0. The standard InChI is InChI=1S/C24H42/c1-5-7-18-9-11-22-21-10-8-17-16-23(3,6-2)14-12-19(17)20(21)13-15-24(18,22)4/h17-22H,5-16H2,1-4H3/t17?,18?,19?,20?,21?,22?,23-,24?/m0/s1. The molecule has 4 aliphatic rings. The largest absolute Gasteiger partial charge is 0.0654 e. The van der Waals surface area contributed by atoms with Crippen molar-refractivity contribution in [3.05, 3.63) is 0 Å². The maximum absolute atomic E-state index is 2.71. The zero-order valence-corrected chi connectivity index (χ0v) is 16.9. The van der Waals surface area contributed by atoms with Crippen molar-refractivity contribution < 1.29 is 0 Å². The summed E-state index contributed by atoms with van der Waals surface area (Å²) in [5.41, 5.74) is 1.40. The fourth-order valence-electron chi connectivity index (χ4n) is 8.44. The molecule has 0 heteroatoms. The molecule has 0 radical (unpaired) electrons. The quantitative estimate of drug-likeness (QED) is 0.503. The lowest BCUT2D eigenvalue weighted by molar-refractivity contribution is -0.0789. The predicted octanol–water partition coefficient (Wildman–Crippen LogP) is 7.47. The topological polar surface area (TPSA) is 0 Å². The first-order chi connectivity index (χ1) is 11.5. The number of hydrogen-bond acceptors (Lipinski definition) is 0. The highest BCUT2D eigenvalue weighted by Gasteiger charge is 2.56. The molecular formula is C24H42. The van der Waals surface area contributed by atoms with Gasteiger partial charge in [-0.25, -0.2) is 0 Å². The van der Waals surface area contributed by atoms with Gasteiger partial charge in [-0.1, -0.05) is 47.0 Å². The molecule has 0 saturated heterocycles. The van der Waals surface area contributed by atoms with Crippen LogP contribution in [0.25, 0.3) is 0 Å². The molecule has 0 heterocycles. The average Bonchev–Trinajstić information content (AvgIpc) is 2.91. The molecule has 4 aliphatic carbocycles. The fourth-order valence-corrected chi connectivity index (χ4v) is 8.44. The molecule has 0 bridgehead atoms. The first kappa shape index (κ1) is 17.4. The lowest BCUT2D eigenvalue weighted by Gasteiger charge is -2.57. The SMILES string of the molecule is CCCC1CCC2C3CCC4C[C@@](C)(CC)CCC4C3CCC12C. The van der Waals surface area contributed by atoms with E-state index in [9.17, 15) is 0 Å². The van der Waals surface area contributed by atoms with E-state index in [4.69, 9.17) is 0 Å². The minimum absolute atomic E-state index is 0.677. The number of hydrogen-bond donors (Lipinski definition) is 0. The van der Waals surface area contributed by atoms with Gasteiger partial charge in [0.25, 0.3) is 0 Å². The summed E-state index contributed by atoms with van der Waals surface area (Å²) in [4.78, 5) is 0. The summed E-state index contributed by atoms with van der Waals surface area (Å²) in [6.07, 6.45) is 18.4. The minimum Gasteiger partial charge on any atom is -0.0654 e. The first-order valence-electron chi connectivity index (χ1n) is 11.5. The fraction of sp³-hybridized carbons (Fsp3) is 1.00. The molecule has 0 aromatic carbocycles. The van der Waals surface area contributed by atoms with E-state index in [1.54, 1.807) is 51.4 Å². The Labute approximate surface area is 151 Å². The Kier molecular flexibility index (Phi) is 4.58. The van der Waals surface area contributed by atoms with Gasteiger partial charge < -0.3 is 0 Å². The van der Waals surface area contributed by atoms with Gasteiger partial charge in [-0.15, -0.1) is 0 Å². The Morgan fingerprint density at radius 2 is 1.58 bits per heavy atom. The normalized spacial score (nSPS) is 54.0. The maximum atomic E-state index is 2.71. The van der Waals surface area contributed by atoms with Gasteiger partial charge in [-0.3, -0.25) is 0 Å². The van der Waals surface area contributed by atoms with Crippen molar-refractivity contribution in [1.29, 1.82) is 0 Å². The van der Waals surface area contributed by atoms with Crippen LogP contribution in [-0.2, 0) is 0 Å². The first-order valence-corrected chi connectivity index (χ1v) is 11.5. The van der Waals surface area contributed by atoms with Gasteiger partial charge in [-0.2, -0.15) is 0 Å². The molecule has 0 aromatic rings. The van der Waals surface area contributed by atoms with Gasteiger partial charge in [0.2, 0.25) is 0 Å². The molecule has 24 heavy (non-hydrogen) atoms. The molecule has 0 N–H and O–H groups in total. The van der Waals surface area contributed by atoms with Crippen molar-refractivity contribution in [3.8, 4) is 0 Å². The highest BCUT2D eigenvalue weighted by molar-refractivity contribution is 5.06. The van der Waals surface area contributed by atoms with E-state index in [0.29, 0.717) is 5.41 Å². The average molecular weight is 331 g/mol. The Morgan fingerprint density at radius 1 is 0.792 bits per heavy atom. The smallest absolute Gasteiger partial charge is 0.0266 e. The van der Waals surface area contributed by atoms with Crippen LogP contribution in [-0.4, -0.2) is 0 Å². The lowest BCUT2D eigenvalue weighted by Crippen LogP contribution is -2.49. The van der Waals surface area contributed by atoms with Gasteiger partial charge in [0.15, 0.2) is 0 Å². The Bertz CT molecular complexity index is 453. The summed E-state index contributed by atoms with van der Waals surface area (Å²) in [7, 11) is 0. The van der Waals surface area contributed by atoms with Crippen LogP contribution < -0.4 is 0 Å². The Morgan fingerprint density at radius 3 is 2.33 bits per heavy atom. The van der Waals surface area contributed by atoms with E-state index in [0.717, 1.165) is 40.9 Å². The molecule has 8 atom stereocenters. The third-order valence-electron chi connectivity index (χ3n) is 10.0. The van der Waals surface area contributed by atoms with Crippen LogP contribution in [0.3, 0.4) is 0 Å². The van der Waals surface area contributed by atoms with Crippen molar-refractivity contribution in [2.24, 2.45) is 46.3 Å². The van der Waals surface area contributed by atoms with Crippen LogP contribution in [0.15, 0.2) is 0 Å². The third kappa shape index (κ3) is 2.61. The molecule has 4 rings (SSSR count). The van der Waals surface area contributed by atoms with E-state index in [1.807, 2.05) is 0 Å². The molecule has 7 unspecified atom stereocenters. The van der Waals surface area contributed by atoms with E-state index in [1.165, 1.54) is 25.7 Å². The Balaban J connectivity index is 1.50. The highest BCUT2D eigenvalue weighted by atomic mass is 14.6. The molecule has 0 nitrogen and oxygen atoms in total. The van der Waals surface area contributed by atoms with Crippen molar-refractivity contribution in [2.45, 2.75) is 105 Å². The van der Waals surface area contributed by atoms with Crippen LogP contribution >= 0.6 is 0 Å². The van der Waals surface area contributed by atoms with Crippen molar-refractivity contribution in [1.82, 2.24) is 0 Å². The lowest BCUT2D eigenvalue weighted by atomic mass is 9.48. The van der Waals surface area contributed by atoms with E-state index in [-0.39, 0.29) is 0 Å². The molecule has 0 aliphatic heterocycles. The summed E-state index contributed by atoms with van der Waals surface area (Å²) >= 11 is 0. The zero-order valence-electron chi connectivity index (χ0n) is 16.9. The summed E-state index contributed by atoms with van der Waals surface area (Å²) in [6.45, 7) is 10.1. The number of rotatable bonds is 3. The highest BCUT2D eigenvalue weighted by Crippen LogP contribution is 2.65. The van der Waals surface area contributed by atoms with Gasteiger partial charge >= 0.3 is 0 Å². The molecule has 0 spiro atoms. The van der Waals surface area contributed by atoms with Crippen LogP contribution in [0.4, 0.5) is 0 Å². The summed E-state index contributed by atoms with van der Waals surface area (Å²) in [6, 6.07) is 0. The number of fused-ring (bicyclic) bond motifs is 5. The molecule has 0 aromatic heterocycles. The molecule has 138 valence electrons. The maximum Gasteiger partial charge on any atom is -0.0266 e. The molecule has 4 fully saturated rings. The summed E-state index contributed by atoms with van der Waals surface area (Å²) < 4.78 is 0. The van der Waals surface area contributed by atoms with Crippen LogP contribution in [0.1, 0.15) is 105 Å². The van der Waals surface area contributed by atoms with E-state index >= 15 is 0 Å². The van der Waals surface area contributed by atoms with Crippen LogP contribution in [0.2, 0.25) is 0 Å². The van der Waals surface area contributed by atoms with Gasteiger partial charge in [0.1, 0.15) is 0 Å². The second-order valence-corrected chi connectivity index (χ2v) is 10.9. The van der Waals surface area contributed by atoms with E-state index in [2.05, 4.69) is 27.7 Å². The molecular weight excluding hydrogens is 288 g/mol. The van der Waals surface area contributed by atoms with E-state index < -0.39 is 0 Å².